The molecule has 1 unspecified atom stereocenters. The molecule has 0 aliphatic carbocycles. The zero-order chi connectivity index (χ0) is 18.4. The number of methoxy groups -OCH3 is 1. The van der Waals surface area contributed by atoms with Crippen molar-refractivity contribution < 1.29 is 17.9 Å². The lowest BCUT2D eigenvalue weighted by Gasteiger charge is -2.32. The first-order valence-corrected chi connectivity index (χ1v) is 10.2. The number of ether oxygens (including phenoxy) is 1. The van der Waals surface area contributed by atoms with Crippen LogP contribution in [0.1, 0.15) is 43.0 Å². The minimum atomic E-state index is -3.50. The number of piperidine rings is 1. The van der Waals surface area contributed by atoms with Crippen molar-refractivity contribution in [3.63, 3.8) is 0 Å². The fourth-order valence-electron chi connectivity index (χ4n) is 3.10. The van der Waals surface area contributed by atoms with E-state index in [2.05, 4.69) is 0 Å². The van der Waals surface area contributed by atoms with E-state index in [9.17, 15) is 13.2 Å². The van der Waals surface area contributed by atoms with Gasteiger partial charge in [0.2, 0.25) is 10.0 Å². The van der Waals surface area contributed by atoms with Crippen molar-refractivity contribution in [3.8, 4) is 0 Å². The molecule has 1 aliphatic heterocycles. The smallest absolute Gasteiger partial charge is 0.253 e. The van der Waals surface area contributed by atoms with Crippen LogP contribution >= 0.6 is 0 Å². The van der Waals surface area contributed by atoms with E-state index in [0.717, 1.165) is 25.7 Å². The number of amides is 1. The Morgan fingerprint density at radius 1 is 1.28 bits per heavy atom. The number of carbonyl (C=O) groups excluding carboxylic acids is 1. The summed E-state index contributed by atoms with van der Waals surface area (Å²) in [6.07, 6.45) is 3.61. The molecule has 0 saturated carbocycles. The molecule has 25 heavy (non-hydrogen) atoms. The monoisotopic (exact) mass is 368 g/mol. The van der Waals surface area contributed by atoms with Crippen molar-refractivity contribution in [2.45, 2.75) is 43.5 Å². The fraction of sp³-hybridized carbons (Fsp3) is 0.611. The normalized spacial score (nSPS) is 18.9. The molecule has 1 saturated heterocycles. The predicted molar refractivity (Wildman–Crippen MR) is 97.1 cm³/mol. The molecule has 0 aromatic heterocycles. The van der Waals surface area contributed by atoms with Crippen molar-refractivity contribution in [2.24, 2.45) is 0 Å². The summed E-state index contributed by atoms with van der Waals surface area (Å²) in [5, 5.41) is 0. The Morgan fingerprint density at radius 2 is 1.96 bits per heavy atom. The van der Waals surface area contributed by atoms with E-state index in [1.54, 1.807) is 35.5 Å². The van der Waals surface area contributed by atoms with Gasteiger partial charge in [-0.3, -0.25) is 4.79 Å². The molecule has 1 fully saturated rings. The van der Waals surface area contributed by atoms with Gasteiger partial charge in [-0.15, -0.1) is 0 Å². The molecule has 1 atom stereocenters. The molecule has 1 aromatic rings. The van der Waals surface area contributed by atoms with Gasteiger partial charge in [-0.25, -0.2) is 8.42 Å². The Morgan fingerprint density at radius 3 is 2.56 bits per heavy atom. The second-order valence-electron chi connectivity index (χ2n) is 6.56. The average molecular weight is 368 g/mol. The Balaban J connectivity index is 2.09. The first-order valence-electron chi connectivity index (χ1n) is 8.74. The topological polar surface area (TPSA) is 66.9 Å². The predicted octanol–water partition coefficient (Wildman–Crippen LogP) is 2.36. The highest BCUT2D eigenvalue weighted by molar-refractivity contribution is 7.89. The van der Waals surface area contributed by atoms with Gasteiger partial charge in [0.25, 0.3) is 5.91 Å². The summed E-state index contributed by atoms with van der Waals surface area (Å²) in [5.74, 6) is -0.119. The Hall–Kier alpha value is -1.44. The summed E-state index contributed by atoms with van der Waals surface area (Å²) in [7, 11) is -0.136. The molecule has 0 bridgehead atoms. The van der Waals surface area contributed by atoms with Crippen LogP contribution < -0.4 is 0 Å². The van der Waals surface area contributed by atoms with Gasteiger partial charge < -0.3 is 9.64 Å². The highest BCUT2D eigenvalue weighted by atomic mass is 32.2. The van der Waals surface area contributed by atoms with Crippen molar-refractivity contribution >= 4 is 15.9 Å². The van der Waals surface area contributed by atoms with E-state index in [0.29, 0.717) is 25.3 Å². The minimum Gasteiger partial charge on any atom is -0.385 e. The lowest BCUT2D eigenvalue weighted by Crippen LogP contribution is -2.41. The Bertz CT molecular complexity index is 673. The molecule has 6 nitrogen and oxygen atoms in total. The van der Waals surface area contributed by atoms with Crippen molar-refractivity contribution in [3.05, 3.63) is 29.8 Å². The van der Waals surface area contributed by atoms with Crippen LogP contribution in [0.25, 0.3) is 0 Å². The zero-order valence-electron chi connectivity index (χ0n) is 15.3. The first kappa shape index (κ1) is 19.9. The maximum atomic E-state index is 12.8. The molecular formula is C18H28N2O4S. The maximum absolute atomic E-state index is 12.8. The van der Waals surface area contributed by atoms with E-state index < -0.39 is 10.0 Å². The van der Waals surface area contributed by atoms with Gasteiger partial charge in [0.1, 0.15) is 0 Å². The van der Waals surface area contributed by atoms with Crippen molar-refractivity contribution in [1.82, 2.24) is 9.21 Å². The van der Waals surface area contributed by atoms with E-state index in [4.69, 9.17) is 4.74 Å². The second kappa shape index (κ2) is 8.78. The average Bonchev–Trinajstić information content (AvgIpc) is 2.61. The summed E-state index contributed by atoms with van der Waals surface area (Å²) in [6.45, 7) is 3.71. The number of sulfonamides is 1. The quantitative estimate of drug-likeness (QED) is 0.693. The SMILES string of the molecule is COCCCN(C)C(=O)c1ccc(S(=O)(=O)N2CCCCC2C)cc1. The van der Waals surface area contributed by atoms with Gasteiger partial charge in [-0.2, -0.15) is 4.31 Å². The summed E-state index contributed by atoms with van der Waals surface area (Å²) in [5.41, 5.74) is 0.491. The summed E-state index contributed by atoms with van der Waals surface area (Å²) >= 11 is 0. The van der Waals surface area contributed by atoms with Crippen molar-refractivity contribution in [1.29, 1.82) is 0 Å². The number of carbonyl (C=O) groups is 1. The van der Waals surface area contributed by atoms with Gasteiger partial charge >= 0.3 is 0 Å². The molecule has 0 spiro atoms. The molecule has 0 N–H and O–H groups in total. The zero-order valence-corrected chi connectivity index (χ0v) is 16.1. The highest BCUT2D eigenvalue weighted by Gasteiger charge is 2.30. The van der Waals surface area contributed by atoms with E-state index >= 15 is 0 Å². The second-order valence-corrected chi connectivity index (χ2v) is 8.45. The maximum Gasteiger partial charge on any atom is 0.253 e. The lowest BCUT2D eigenvalue weighted by molar-refractivity contribution is 0.0779. The number of rotatable bonds is 7. The third-order valence-corrected chi connectivity index (χ3v) is 6.67. The molecule has 2 rings (SSSR count). The third kappa shape index (κ3) is 4.80. The molecular weight excluding hydrogens is 340 g/mol. The largest absolute Gasteiger partial charge is 0.385 e. The van der Waals surface area contributed by atoms with E-state index in [1.807, 2.05) is 6.92 Å². The van der Waals surface area contributed by atoms with Gasteiger partial charge in [-0.05, 0) is 50.5 Å². The van der Waals surface area contributed by atoms with Crippen LogP contribution in [-0.4, -0.2) is 63.4 Å². The molecule has 0 radical (unpaired) electrons. The third-order valence-electron chi connectivity index (χ3n) is 4.64. The summed E-state index contributed by atoms with van der Waals surface area (Å²) < 4.78 is 32.2. The number of benzene rings is 1. The van der Waals surface area contributed by atoms with Gasteiger partial charge in [0.05, 0.1) is 4.90 Å². The van der Waals surface area contributed by atoms with Crippen LogP contribution in [0.2, 0.25) is 0 Å². The number of hydrogen-bond donors (Lipinski definition) is 0. The van der Waals surface area contributed by atoms with Crippen LogP contribution in [0, 0.1) is 0 Å². The number of nitrogens with zero attached hydrogens (tertiary/aromatic N) is 2. The molecule has 1 heterocycles. The molecule has 7 heteroatoms. The highest BCUT2D eigenvalue weighted by Crippen LogP contribution is 2.25. The molecule has 1 aliphatic rings. The van der Waals surface area contributed by atoms with E-state index in [-0.39, 0.29) is 16.8 Å². The lowest BCUT2D eigenvalue weighted by atomic mass is 10.1. The van der Waals surface area contributed by atoms with Crippen LogP contribution in [0.5, 0.6) is 0 Å². The standard InChI is InChI=1S/C18H28N2O4S/c1-15-7-4-5-13-20(15)25(22,23)17-10-8-16(9-11-17)18(21)19(2)12-6-14-24-3/h8-11,15H,4-7,12-14H2,1-3H3. The fourth-order valence-corrected chi connectivity index (χ4v) is 4.80. The van der Waals surface area contributed by atoms with Crippen LogP contribution in [0.4, 0.5) is 0 Å². The van der Waals surface area contributed by atoms with Gasteiger partial charge in [0.15, 0.2) is 0 Å². The first-order chi connectivity index (χ1) is 11.9. The summed E-state index contributed by atoms with van der Waals surface area (Å²) in [6, 6.07) is 6.28. The molecule has 140 valence electrons. The molecule has 1 amide bonds. The number of hydrogen-bond acceptors (Lipinski definition) is 4. The molecule has 1 aromatic carbocycles. The van der Waals surface area contributed by atoms with Crippen LogP contribution in [-0.2, 0) is 14.8 Å². The summed E-state index contributed by atoms with van der Waals surface area (Å²) in [4.78, 5) is 14.2. The Kier molecular flexibility index (Phi) is 6.98. The van der Waals surface area contributed by atoms with Crippen LogP contribution in [0.3, 0.4) is 0 Å². The van der Waals surface area contributed by atoms with Crippen molar-refractivity contribution in [2.75, 3.05) is 33.9 Å². The van der Waals surface area contributed by atoms with Gasteiger partial charge in [0, 0.05) is 45.5 Å². The van der Waals surface area contributed by atoms with Crippen LogP contribution in [0.15, 0.2) is 29.2 Å². The Labute approximate surface area is 150 Å². The van der Waals surface area contributed by atoms with E-state index in [1.165, 1.54) is 12.1 Å². The van der Waals surface area contributed by atoms with Gasteiger partial charge in [-0.1, -0.05) is 6.42 Å². The minimum absolute atomic E-state index is 0.0203.